The average molecular weight is 390 g/mol. The van der Waals surface area contributed by atoms with E-state index in [0.717, 1.165) is 24.3 Å². The zero-order valence-electron chi connectivity index (χ0n) is 14.8. The van der Waals surface area contributed by atoms with E-state index in [1.165, 1.54) is 0 Å². The lowest BCUT2D eigenvalue weighted by Gasteiger charge is -2.35. The van der Waals surface area contributed by atoms with Crippen molar-refractivity contribution in [2.24, 2.45) is 0 Å². The number of aliphatic carboxylic acids is 1. The number of hydrogen-bond acceptors (Lipinski definition) is 5. The lowest BCUT2D eigenvalue weighted by molar-refractivity contribution is -0.138. The first-order valence-corrected chi connectivity index (χ1v) is 8.91. The molecule has 1 N–H and O–H groups in total. The van der Waals surface area contributed by atoms with Crippen molar-refractivity contribution >= 4 is 34.9 Å². The molecule has 1 aromatic carbocycles. The molecule has 0 amide bonds. The van der Waals surface area contributed by atoms with Crippen LogP contribution < -0.4 is 4.90 Å². The highest BCUT2D eigenvalue weighted by Gasteiger charge is 2.24. The molecule has 1 aliphatic rings. The topological polar surface area (TPSA) is 56.3 Å². The number of morpholine rings is 1. The van der Waals surface area contributed by atoms with Crippen LogP contribution in [-0.4, -0.2) is 80.9 Å². The first-order valence-electron chi connectivity index (χ1n) is 8.15. The number of carbonyl (C=O) groups is 1. The molecule has 1 atom stereocenters. The third kappa shape index (κ3) is 6.01. The SMILES string of the molecule is CN(CC(=O)O)CC1CN(Cc2c(Cl)cc(Cl)cc2N(C)C)CCO1. The van der Waals surface area contributed by atoms with Crippen molar-refractivity contribution in [1.82, 2.24) is 9.80 Å². The van der Waals surface area contributed by atoms with Gasteiger partial charge in [0.2, 0.25) is 0 Å². The summed E-state index contributed by atoms with van der Waals surface area (Å²) in [6.07, 6.45) is -0.0213. The highest BCUT2D eigenvalue weighted by atomic mass is 35.5. The molecule has 0 aliphatic carbocycles. The molecule has 140 valence electrons. The van der Waals surface area contributed by atoms with Crippen LogP contribution in [-0.2, 0) is 16.1 Å². The number of rotatable bonds is 7. The third-order valence-corrected chi connectivity index (χ3v) is 4.70. The molecule has 0 radical (unpaired) electrons. The third-order valence-electron chi connectivity index (χ3n) is 4.14. The molecule has 1 aromatic rings. The molecule has 0 saturated carbocycles. The van der Waals surface area contributed by atoms with Crippen molar-refractivity contribution in [2.75, 3.05) is 58.8 Å². The Hall–Kier alpha value is -1.05. The second-order valence-electron chi connectivity index (χ2n) is 6.60. The van der Waals surface area contributed by atoms with E-state index in [4.69, 9.17) is 33.0 Å². The van der Waals surface area contributed by atoms with Gasteiger partial charge in [-0.3, -0.25) is 14.6 Å². The normalized spacial score (nSPS) is 18.6. The molecule has 25 heavy (non-hydrogen) atoms. The summed E-state index contributed by atoms with van der Waals surface area (Å²) in [6.45, 7) is 3.45. The first kappa shape index (κ1) is 20.3. The molecule has 0 aromatic heterocycles. The van der Waals surface area contributed by atoms with Crippen LogP contribution >= 0.6 is 23.2 Å². The first-order chi connectivity index (χ1) is 11.8. The van der Waals surface area contributed by atoms with Crippen molar-refractivity contribution in [3.8, 4) is 0 Å². The zero-order chi connectivity index (χ0) is 18.6. The molecular formula is C17H25Cl2N3O3. The van der Waals surface area contributed by atoms with Gasteiger partial charge in [0.1, 0.15) is 0 Å². The van der Waals surface area contributed by atoms with Gasteiger partial charge in [-0.2, -0.15) is 0 Å². The molecule has 2 rings (SSSR count). The Morgan fingerprint density at radius 3 is 2.72 bits per heavy atom. The quantitative estimate of drug-likeness (QED) is 0.771. The van der Waals surface area contributed by atoms with Gasteiger partial charge in [-0.15, -0.1) is 0 Å². The Kier molecular flexibility index (Phi) is 7.34. The highest BCUT2D eigenvalue weighted by molar-refractivity contribution is 6.35. The Labute approximate surface area is 158 Å². The Bertz CT molecular complexity index is 613. The summed E-state index contributed by atoms with van der Waals surface area (Å²) in [5, 5.41) is 10.1. The number of likely N-dealkylation sites (N-methyl/N-ethyl adjacent to an activating group) is 1. The molecule has 1 saturated heterocycles. The van der Waals surface area contributed by atoms with Crippen LogP contribution in [0.25, 0.3) is 0 Å². The zero-order valence-corrected chi connectivity index (χ0v) is 16.3. The van der Waals surface area contributed by atoms with E-state index in [2.05, 4.69) is 4.90 Å². The van der Waals surface area contributed by atoms with Crippen LogP contribution in [0, 0.1) is 0 Å². The van der Waals surface area contributed by atoms with Crippen LogP contribution in [0.5, 0.6) is 0 Å². The number of carboxylic acid groups (broad SMARTS) is 1. The van der Waals surface area contributed by atoms with Gasteiger partial charge in [-0.1, -0.05) is 23.2 Å². The molecule has 1 unspecified atom stereocenters. The summed E-state index contributed by atoms with van der Waals surface area (Å²) < 4.78 is 5.78. The van der Waals surface area contributed by atoms with Crippen LogP contribution in [0.2, 0.25) is 10.0 Å². The Morgan fingerprint density at radius 2 is 2.08 bits per heavy atom. The maximum atomic E-state index is 10.8. The summed E-state index contributed by atoms with van der Waals surface area (Å²) in [4.78, 5) is 16.8. The summed E-state index contributed by atoms with van der Waals surface area (Å²) >= 11 is 12.6. The smallest absolute Gasteiger partial charge is 0.317 e. The van der Waals surface area contributed by atoms with Crippen LogP contribution in [0.15, 0.2) is 12.1 Å². The summed E-state index contributed by atoms with van der Waals surface area (Å²) in [7, 11) is 5.72. The van der Waals surface area contributed by atoms with Crippen LogP contribution in [0.3, 0.4) is 0 Å². The van der Waals surface area contributed by atoms with Gasteiger partial charge in [-0.25, -0.2) is 0 Å². The van der Waals surface area contributed by atoms with Crippen molar-refractivity contribution in [3.05, 3.63) is 27.7 Å². The molecule has 1 fully saturated rings. The second kappa shape index (κ2) is 9.05. The number of hydrogen-bond donors (Lipinski definition) is 1. The predicted octanol–water partition coefficient (Wildman–Crippen LogP) is 2.28. The van der Waals surface area contributed by atoms with E-state index < -0.39 is 5.97 Å². The molecule has 1 heterocycles. The van der Waals surface area contributed by atoms with E-state index in [1.807, 2.05) is 25.1 Å². The monoisotopic (exact) mass is 389 g/mol. The Balaban J connectivity index is 2.04. The van der Waals surface area contributed by atoms with Gasteiger partial charge >= 0.3 is 5.97 Å². The molecule has 1 aliphatic heterocycles. The van der Waals surface area contributed by atoms with Crippen LogP contribution in [0.4, 0.5) is 5.69 Å². The minimum absolute atomic E-state index is 0.00759. The van der Waals surface area contributed by atoms with E-state index in [9.17, 15) is 4.79 Å². The average Bonchev–Trinajstić information content (AvgIpc) is 2.49. The van der Waals surface area contributed by atoms with E-state index in [0.29, 0.717) is 29.7 Å². The van der Waals surface area contributed by atoms with Gasteiger partial charge in [0.25, 0.3) is 0 Å². The van der Waals surface area contributed by atoms with Gasteiger partial charge in [0.05, 0.1) is 19.3 Å². The molecule has 0 bridgehead atoms. The van der Waals surface area contributed by atoms with Gasteiger partial charge in [0, 0.05) is 61.6 Å². The summed E-state index contributed by atoms with van der Waals surface area (Å²) in [6, 6.07) is 3.69. The number of carboxylic acids is 1. The minimum atomic E-state index is -0.835. The number of anilines is 1. The fourth-order valence-corrected chi connectivity index (χ4v) is 3.59. The van der Waals surface area contributed by atoms with Crippen molar-refractivity contribution in [3.63, 3.8) is 0 Å². The lowest BCUT2D eigenvalue weighted by atomic mass is 10.1. The van der Waals surface area contributed by atoms with Gasteiger partial charge in [0.15, 0.2) is 0 Å². The number of halogens is 2. The summed E-state index contributed by atoms with van der Waals surface area (Å²) in [5.74, 6) is -0.835. The van der Waals surface area contributed by atoms with Crippen LogP contribution in [0.1, 0.15) is 5.56 Å². The fourth-order valence-electron chi connectivity index (χ4n) is 3.05. The van der Waals surface area contributed by atoms with Crippen molar-refractivity contribution < 1.29 is 14.6 Å². The maximum absolute atomic E-state index is 10.8. The molecule has 0 spiro atoms. The van der Waals surface area contributed by atoms with E-state index >= 15 is 0 Å². The van der Waals surface area contributed by atoms with Crippen molar-refractivity contribution in [1.29, 1.82) is 0 Å². The molecule has 6 nitrogen and oxygen atoms in total. The predicted molar refractivity (Wildman–Crippen MR) is 101 cm³/mol. The minimum Gasteiger partial charge on any atom is -0.480 e. The van der Waals surface area contributed by atoms with E-state index in [-0.39, 0.29) is 12.6 Å². The van der Waals surface area contributed by atoms with Gasteiger partial charge < -0.3 is 14.7 Å². The molecular weight excluding hydrogens is 365 g/mol. The Morgan fingerprint density at radius 1 is 1.36 bits per heavy atom. The van der Waals surface area contributed by atoms with E-state index in [1.54, 1.807) is 18.0 Å². The fraction of sp³-hybridized carbons (Fsp3) is 0.588. The largest absolute Gasteiger partial charge is 0.480 e. The molecule has 8 heteroatoms. The summed E-state index contributed by atoms with van der Waals surface area (Å²) in [5.41, 5.74) is 2.04. The number of benzene rings is 1. The van der Waals surface area contributed by atoms with Crippen molar-refractivity contribution in [2.45, 2.75) is 12.6 Å². The standard InChI is InChI=1S/C17H25Cl2N3O3/c1-20(2)16-7-12(18)6-15(19)14(16)10-22-4-5-25-13(9-22)8-21(3)11-17(23)24/h6-7,13H,4-5,8-11H2,1-3H3,(H,23,24). The maximum Gasteiger partial charge on any atom is 0.317 e. The lowest BCUT2D eigenvalue weighted by Crippen LogP contribution is -2.47. The second-order valence-corrected chi connectivity index (χ2v) is 7.44. The van der Waals surface area contributed by atoms with Gasteiger partial charge in [-0.05, 0) is 19.2 Å². The number of ether oxygens (including phenoxy) is 1. The number of nitrogens with zero attached hydrogens (tertiary/aromatic N) is 3. The highest BCUT2D eigenvalue weighted by Crippen LogP contribution is 2.32.